The Balaban J connectivity index is 0.000000471. The molecule has 0 bridgehead atoms. The molecule has 0 saturated heterocycles. The Hall–Kier alpha value is -3.77. The molecule has 0 fully saturated rings. The minimum Gasteiger partial charge on any atom is -0.468 e. The van der Waals surface area contributed by atoms with Gasteiger partial charge in [-0.2, -0.15) is 0 Å². The largest absolute Gasteiger partial charge is 0.468 e. The molecule has 0 aliphatic rings. The molecule has 0 amide bonds. The lowest BCUT2D eigenvalue weighted by atomic mass is 10.1. The smallest absolute Gasteiger partial charge is 0.293 e. The molecule has 0 aliphatic carbocycles. The summed E-state index contributed by atoms with van der Waals surface area (Å²) in [5.74, 6) is 0. The zero-order chi connectivity index (χ0) is 23.2. The van der Waals surface area contributed by atoms with Crippen molar-refractivity contribution in [2.45, 2.75) is 20.8 Å². The zero-order valence-electron chi connectivity index (χ0n) is 18.8. The second-order valence-electron chi connectivity index (χ2n) is 7.47. The van der Waals surface area contributed by atoms with E-state index in [4.69, 9.17) is 4.98 Å². The number of hydrogen-bond donors (Lipinski definition) is 1. The second kappa shape index (κ2) is 10.2. The third-order valence-corrected chi connectivity index (χ3v) is 6.49. The summed E-state index contributed by atoms with van der Waals surface area (Å²) >= 11 is 1.75. The van der Waals surface area contributed by atoms with Crippen molar-refractivity contribution in [3.05, 3.63) is 84.3 Å². The van der Waals surface area contributed by atoms with Crippen LogP contribution in [0.15, 0.2) is 72.9 Å². The Labute approximate surface area is 197 Å². The summed E-state index contributed by atoms with van der Waals surface area (Å²) in [6, 6.07) is 23.2. The molecule has 0 radical (unpaired) electrons. The van der Waals surface area contributed by atoms with Gasteiger partial charge in [-0.05, 0) is 56.7 Å². The maximum absolute atomic E-state index is 9.18. The Bertz CT molecular complexity index is 1370. The van der Waals surface area contributed by atoms with Gasteiger partial charge in [-0.1, -0.05) is 36.4 Å². The number of aromatic amines is 1. The van der Waals surface area contributed by atoms with Crippen molar-refractivity contribution >= 4 is 28.7 Å². The fourth-order valence-corrected chi connectivity index (χ4v) is 4.69. The Kier molecular flexibility index (Phi) is 6.95. The molecule has 0 aliphatic heterocycles. The number of aromatic nitrogens is 3. The number of aryl methyl sites for hydroxylation is 2. The van der Waals surface area contributed by atoms with Crippen LogP contribution in [0.3, 0.4) is 0 Å². The molecule has 3 aromatic heterocycles. The number of fused-ring (bicyclic) bond motifs is 1. The first-order valence-corrected chi connectivity index (χ1v) is 11.6. The topological polar surface area (TPSA) is 67.9 Å². The summed E-state index contributed by atoms with van der Waals surface area (Å²) < 4.78 is 4.15. The number of nitrogens with zero attached hydrogens (tertiary/aromatic N) is 2. The number of rotatable bonds is 5. The molecule has 5 rings (SSSR count). The van der Waals surface area contributed by atoms with Crippen LogP contribution < -0.4 is 0 Å². The van der Waals surface area contributed by atoms with Crippen molar-refractivity contribution in [1.82, 2.24) is 15.0 Å². The first-order chi connectivity index (χ1) is 16.1. The average Bonchev–Trinajstić information content (AvgIpc) is 3.44. The Morgan fingerprint density at radius 1 is 0.970 bits per heavy atom. The number of H-pyrrole nitrogens is 1. The van der Waals surface area contributed by atoms with E-state index in [0.29, 0.717) is 13.1 Å². The molecule has 0 saturated carbocycles. The number of carbonyl (C=O) groups excluding carboxylic acids is 1. The van der Waals surface area contributed by atoms with Crippen LogP contribution in [0, 0.1) is 13.8 Å². The normalized spacial score (nSPS) is 10.5. The summed E-state index contributed by atoms with van der Waals surface area (Å²) in [5, 5.41) is 2.26. The van der Waals surface area contributed by atoms with Crippen LogP contribution >= 0.6 is 11.3 Å². The molecule has 5 nitrogen and oxygen atoms in total. The van der Waals surface area contributed by atoms with Gasteiger partial charge in [0.2, 0.25) is 0 Å². The van der Waals surface area contributed by atoms with Gasteiger partial charge in [0.15, 0.2) is 0 Å². The van der Waals surface area contributed by atoms with E-state index in [-0.39, 0.29) is 0 Å². The lowest BCUT2D eigenvalue weighted by Gasteiger charge is -2.00. The summed E-state index contributed by atoms with van der Waals surface area (Å²) in [4.78, 5) is 23.1. The monoisotopic (exact) mass is 455 g/mol. The predicted octanol–water partition coefficient (Wildman–Crippen LogP) is 6.82. The van der Waals surface area contributed by atoms with Crippen LogP contribution in [0.5, 0.6) is 0 Å². The number of thiazole rings is 1. The molecule has 3 heterocycles. The second-order valence-corrected chi connectivity index (χ2v) is 8.47. The Morgan fingerprint density at radius 2 is 1.79 bits per heavy atom. The standard InChI is InChI=1S/C24H19N3S.C3H6O2/c1-15-20(9-6-12-25-15)22-14-19-13-18(10-11-21(19)27-22)23-16(2)26-24(28-23)17-7-4-3-5-8-17;1-2-5-3-4/h3-14,27H,1-2H3;3H,2H2,1H3. The molecule has 0 unspecified atom stereocenters. The van der Waals surface area contributed by atoms with E-state index in [9.17, 15) is 4.79 Å². The van der Waals surface area contributed by atoms with Gasteiger partial charge in [0.1, 0.15) is 5.01 Å². The molecule has 2 aromatic carbocycles. The SMILES string of the molecule is CCOC=O.Cc1ncccc1-c1cc2cc(-c3sc(-c4ccccc4)nc3C)ccc2[nH]1. The van der Waals surface area contributed by atoms with Crippen LogP contribution in [0.1, 0.15) is 18.3 Å². The highest BCUT2D eigenvalue weighted by atomic mass is 32.1. The van der Waals surface area contributed by atoms with Crippen molar-refractivity contribution in [1.29, 1.82) is 0 Å². The highest BCUT2D eigenvalue weighted by Gasteiger charge is 2.13. The van der Waals surface area contributed by atoms with Gasteiger partial charge in [-0.3, -0.25) is 9.78 Å². The molecule has 1 N–H and O–H groups in total. The van der Waals surface area contributed by atoms with Gasteiger partial charge < -0.3 is 9.72 Å². The van der Waals surface area contributed by atoms with Crippen molar-refractivity contribution < 1.29 is 9.53 Å². The first kappa shape index (κ1) is 22.4. The van der Waals surface area contributed by atoms with E-state index in [1.807, 2.05) is 25.3 Å². The summed E-state index contributed by atoms with van der Waals surface area (Å²) in [5.41, 5.74) is 7.84. The van der Waals surface area contributed by atoms with E-state index in [0.717, 1.165) is 33.2 Å². The van der Waals surface area contributed by atoms with Crippen LogP contribution in [0.4, 0.5) is 0 Å². The quantitative estimate of drug-likeness (QED) is 0.295. The number of nitrogens with one attached hydrogen (secondary N) is 1. The summed E-state index contributed by atoms with van der Waals surface area (Å²) in [6.45, 7) is 6.79. The minimum absolute atomic E-state index is 0.431. The number of hydrogen-bond acceptors (Lipinski definition) is 5. The lowest BCUT2D eigenvalue weighted by molar-refractivity contribution is -0.128. The minimum atomic E-state index is 0.431. The van der Waals surface area contributed by atoms with E-state index in [1.165, 1.54) is 21.4 Å². The van der Waals surface area contributed by atoms with E-state index in [1.54, 1.807) is 18.3 Å². The van der Waals surface area contributed by atoms with Crippen molar-refractivity contribution in [3.8, 4) is 32.3 Å². The highest BCUT2D eigenvalue weighted by Crippen LogP contribution is 2.37. The summed E-state index contributed by atoms with van der Waals surface area (Å²) in [6.07, 6.45) is 1.83. The molecular formula is C27H25N3O2S. The van der Waals surface area contributed by atoms with Gasteiger partial charge in [-0.25, -0.2) is 4.98 Å². The van der Waals surface area contributed by atoms with Gasteiger partial charge in [-0.15, -0.1) is 11.3 Å². The molecule has 166 valence electrons. The van der Waals surface area contributed by atoms with E-state index in [2.05, 4.69) is 76.2 Å². The number of benzene rings is 2. The third-order valence-electron chi connectivity index (χ3n) is 5.23. The van der Waals surface area contributed by atoms with Gasteiger partial charge in [0, 0.05) is 39.6 Å². The maximum atomic E-state index is 9.18. The van der Waals surface area contributed by atoms with Crippen LogP contribution in [0.25, 0.3) is 43.2 Å². The van der Waals surface area contributed by atoms with Crippen molar-refractivity contribution in [2.24, 2.45) is 0 Å². The van der Waals surface area contributed by atoms with Gasteiger partial charge in [0.25, 0.3) is 6.47 Å². The molecule has 5 aromatic rings. The van der Waals surface area contributed by atoms with E-state index < -0.39 is 0 Å². The van der Waals surface area contributed by atoms with E-state index >= 15 is 0 Å². The fourth-order valence-electron chi connectivity index (χ4n) is 3.62. The van der Waals surface area contributed by atoms with Gasteiger partial charge in [0.05, 0.1) is 17.2 Å². The zero-order valence-corrected chi connectivity index (χ0v) is 19.6. The number of ether oxygens (including phenoxy) is 1. The van der Waals surface area contributed by atoms with Crippen LogP contribution in [-0.2, 0) is 9.53 Å². The lowest BCUT2D eigenvalue weighted by Crippen LogP contribution is -1.85. The number of carbonyl (C=O) groups is 1. The molecule has 0 spiro atoms. The average molecular weight is 456 g/mol. The first-order valence-electron chi connectivity index (χ1n) is 10.7. The Morgan fingerprint density at radius 3 is 2.48 bits per heavy atom. The van der Waals surface area contributed by atoms with Gasteiger partial charge >= 0.3 is 0 Å². The van der Waals surface area contributed by atoms with Crippen LogP contribution in [-0.4, -0.2) is 28.0 Å². The van der Waals surface area contributed by atoms with Crippen molar-refractivity contribution in [3.63, 3.8) is 0 Å². The van der Waals surface area contributed by atoms with Crippen molar-refractivity contribution in [2.75, 3.05) is 6.61 Å². The molecule has 6 heteroatoms. The number of pyridine rings is 1. The third kappa shape index (κ3) is 5.02. The molecular weight excluding hydrogens is 430 g/mol. The fraction of sp³-hybridized carbons (Fsp3) is 0.148. The highest BCUT2D eigenvalue weighted by molar-refractivity contribution is 7.18. The molecule has 33 heavy (non-hydrogen) atoms. The van der Waals surface area contributed by atoms with Crippen LogP contribution in [0.2, 0.25) is 0 Å². The molecule has 0 atom stereocenters. The predicted molar refractivity (Wildman–Crippen MR) is 135 cm³/mol. The summed E-state index contributed by atoms with van der Waals surface area (Å²) in [7, 11) is 0. The maximum Gasteiger partial charge on any atom is 0.293 e.